The summed E-state index contributed by atoms with van der Waals surface area (Å²) >= 11 is 9.76. The molecule has 1 radical (unpaired) electrons. The van der Waals surface area contributed by atoms with Crippen LogP contribution in [0.5, 0.6) is 0 Å². The standard InChI is InChI=1S/C11H20N6O2S2.Cu/c1-7(14-16-10(20)12-3)8(2)15-17-11(21)13-6-4-5-9(18)19;/h4-6H2,1-3H3,(H,18,19)(H2,12,16,20)(H2,13,17,21);/q;+2/p-2. The third-order valence-corrected chi connectivity index (χ3v) is 2.67. The van der Waals surface area contributed by atoms with Crippen LogP contribution in [-0.4, -0.2) is 46.4 Å². The Morgan fingerprint density at radius 3 is 2.00 bits per heavy atom. The molecule has 0 aliphatic rings. The summed E-state index contributed by atoms with van der Waals surface area (Å²) in [7, 11) is 1.65. The minimum Gasteiger partial charge on any atom is -0.741 e. The molecule has 0 aromatic rings. The maximum absolute atomic E-state index is 10.3. The van der Waals surface area contributed by atoms with Crippen LogP contribution in [-0.2, 0) is 47.1 Å². The molecule has 0 aromatic heterocycles. The molecule has 0 aromatic carbocycles. The van der Waals surface area contributed by atoms with Gasteiger partial charge in [0.2, 0.25) is 0 Å². The fourth-order valence-electron chi connectivity index (χ4n) is 0.906. The van der Waals surface area contributed by atoms with Crippen LogP contribution in [0.4, 0.5) is 0 Å². The Bertz CT molecular complexity index is 479. The fraction of sp³-hybridized carbons (Fsp3) is 0.545. The van der Waals surface area contributed by atoms with Crippen LogP contribution in [0.1, 0.15) is 26.7 Å². The fourth-order valence-corrected chi connectivity index (χ4v) is 1.09. The van der Waals surface area contributed by atoms with Crippen molar-refractivity contribution in [3.63, 3.8) is 0 Å². The molecule has 0 heterocycles. The first kappa shape index (κ1) is 23.0. The van der Waals surface area contributed by atoms with Crippen molar-refractivity contribution in [3.8, 4) is 0 Å². The number of hydrogen-bond acceptors (Lipinski definition) is 7. The number of nitrogens with one attached hydrogen (secondary N) is 2. The third-order valence-electron chi connectivity index (χ3n) is 2.16. The molecule has 22 heavy (non-hydrogen) atoms. The Balaban J connectivity index is 0. The van der Waals surface area contributed by atoms with Crippen LogP contribution in [0, 0.1) is 0 Å². The molecular weight excluding hydrogens is 376 g/mol. The summed E-state index contributed by atoms with van der Waals surface area (Å²) in [6.45, 7) is 3.87. The van der Waals surface area contributed by atoms with E-state index in [0.717, 1.165) is 0 Å². The van der Waals surface area contributed by atoms with E-state index in [0.29, 0.717) is 24.4 Å². The molecule has 0 amide bonds. The van der Waals surface area contributed by atoms with Gasteiger partial charge in [-0.15, -0.1) is 0 Å². The molecule has 0 aliphatic carbocycles. The van der Waals surface area contributed by atoms with Gasteiger partial charge in [0.05, 0.1) is 11.4 Å². The minimum absolute atomic E-state index is 0. The van der Waals surface area contributed by atoms with Crippen molar-refractivity contribution in [1.82, 2.24) is 10.6 Å². The Kier molecular flexibility index (Phi) is 14.0. The molecule has 0 unspecified atom stereocenters. The maximum Gasteiger partial charge on any atom is 2.00 e. The van der Waals surface area contributed by atoms with E-state index >= 15 is 0 Å². The normalized spacial score (nSPS) is 13.4. The summed E-state index contributed by atoms with van der Waals surface area (Å²) in [5.74, 6) is -0.844. The summed E-state index contributed by atoms with van der Waals surface area (Å²) in [4.78, 5) is 10.3. The molecule has 0 fully saturated rings. The topological polar surface area (TPSA) is 111 Å². The molecule has 127 valence electrons. The number of rotatable bonds is 7. The van der Waals surface area contributed by atoms with Crippen LogP contribution in [0.3, 0.4) is 0 Å². The Labute approximate surface area is 151 Å². The van der Waals surface area contributed by atoms with Crippen molar-refractivity contribution in [2.45, 2.75) is 26.7 Å². The zero-order chi connectivity index (χ0) is 16.3. The third kappa shape index (κ3) is 12.5. The van der Waals surface area contributed by atoms with Gasteiger partial charge in [0.25, 0.3) is 0 Å². The van der Waals surface area contributed by atoms with E-state index in [1.807, 2.05) is 0 Å². The van der Waals surface area contributed by atoms with E-state index in [-0.39, 0.29) is 33.8 Å². The van der Waals surface area contributed by atoms with Crippen LogP contribution < -0.4 is 10.6 Å². The molecule has 0 saturated carbocycles. The zero-order valence-electron chi connectivity index (χ0n) is 12.4. The van der Waals surface area contributed by atoms with Gasteiger partial charge in [0.1, 0.15) is 0 Å². The number of aliphatic carboxylic acids is 1. The molecule has 0 bridgehead atoms. The number of nitrogens with zero attached hydrogens (tertiary/aromatic N) is 4. The van der Waals surface area contributed by atoms with E-state index in [1.54, 1.807) is 20.9 Å². The summed E-state index contributed by atoms with van der Waals surface area (Å²) in [6, 6.07) is 0. The summed E-state index contributed by atoms with van der Waals surface area (Å²) in [6.07, 6.45) is 0.547. The van der Waals surface area contributed by atoms with Gasteiger partial charge in [-0.25, -0.2) is 0 Å². The SMILES string of the molecule is CNC([S-])=NN=C(C)C(C)=NN=C([S-])NCCCC(=O)O.[Cu+2]. The van der Waals surface area contributed by atoms with Gasteiger partial charge in [0.15, 0.2) is 0 Å². The summed E-state index contributed by atoms with van der Waals surface area (Å²) < 4.78 is 0. The number of carboxylic acid groups (broad SMARTS) is 1. The van der Waals surface area contributed by atoms with E-state index < -0.39 is 5.97 Å². The predicted octanol–water partition coefficient (Wildman–Crippen LogP) is 0.215. The second kappa shape index (κ2) is 13.4. The molecule has 8 nitrogen and oxygen atoms in total. The predicted molar refractivity (Wildman–Crippen MR) is 89.8 cm³/mol. The molecule has 0 spiro atoms. The number of carbonyl (C=O) groups is 1. The van der Waals surface area contributed by atoms with Crippen LogP contribution in [0.15, 0.2) is 20.4 Å². The van der Waals surface area contributed by atoms with Gasteiger partial charge < -0.3 is 41.0 Å². The second-order valence-electron chi connectivity index (χ2n) is 3.86. The molecule has 0 rings (SSSR count). The Morgan fingerprint density at radius 1 is 1.05 bits per heavy atom. The minimum atomic E-state index is -0.844. The van der Waals surface area contributed by atoms with Gasteiger partial charge in [-0.05, 0) is 30.6 Å². The summed E-state index contributed by atoms with van der Waals surface area (Å²) in [5, 5.41) is 29.7. The average molecular weight is 394 g/mol. The number of hydrogen-bond donors (Lipinski definition) is 3. The van der Waals surface area contributed by atoms with Crippen molar-refractivity contribution in [1.29, 1.82) is 0 Å². The quantitative estimate of drug-likeness (QED) is 0.142. The van der Waals surface area contributed by atoms with Gasteiger partial charge in [-0.1, -0.05) is 0 Å². The maximum atomic E-state index is 10.3. The van der Waals surface area contributed by atoms with Crippen molar-refractivity contribution < 1.29 is 27.0 Å². The van der Waals surface area contributed by atoms with Crippen LogP contribution in [0.25, 0.3) is 0 Å². The molecule has 3 N–H and O–H groups in total. The van der Waals surface area contributed by atoms with E-state index in [1.165, 1.54) is 0 Å². The first-order chi connectivity index (χ1) is 9.86. The molecule has 0 atom stereocenters. The van der Waals surface area contributed by atoms with Gasteiger partial charge in [-0.3, -0.25) is 4.79 Å². The van der Waals surface area contributed by atoms with Crippen LogP contribution >= 0.6 is 0 Å². The molecule has 0 aliphatic heterocycles. The smallest absolute Gasteiger partial charge is 0.741 e. The van der Waals surface area contributed by atoms with Crippen LogP contribution in [0.2, 0.25) is 0 Å². The Morgan fingerprint density at radius 2 is 1.55 bits per heavy atom. The van der Waals surface area contributed by atoms with E-state index in [4.69, 9.17) is 30.4 Å². The van der Waals surface area contributed by atoms with Crippen molar-refractivity contribution in [2.24, 2.45) is 20.4 Å². The molecular formula is C11H18CuN6O2S2. The van der Waals surface area contributed by atoms with Gasteiger partial charge in [-0.2, -0.15) is 20.4 Å². The molecule has 0 saturated heterocycles. The second-order valence-corrected chi connectivity index (χ2v) is 4.63. The Hall–Kier alpha value is -1.29. The van der Waals surface area contributed by atoms with E-state index in [2.05, 4.69) is 31.0 Å². The first-order valence-corrected chi connectivity index (χ1v) is 6.90. The van der Waals surface area contributed by atoms with Gasteiger partial charge >= 0.3 is 23.0 Å². The monoisotopic (exact) mass is 393 g/mol. The van der Waals surface area contributed by atoms with E-state index in [9.17, 15) is 4.79 Å². The van der Waals surface area contributed by atoms with Crippen molar-refractivity contribution in [2.75, 3.05) is 13.6 Å². The number of carboxylic acids is 1. The van der Waals surface area contributed by atoms with Crippen molar-refractivity contribution >= 4 is 53.0 Å². The number of amidine groups is 2. The molecule has 11 heteroatoms. The van der Waals surface area contributed by atoms with Crippen molar-refractivity contribution in [3.05, 3.63) is 0 Å². The largest absolute Gasteiger partial charge is 2.00 e. The zero-order valence-corrected chi connectivity index (χ0v) is 15.0. The van der Waals surface area contributed by atoms with Gasteiger partial charge in [0, 0.05) is 20.0 Å². The first-order valence-electron chi connectivity index (χ1n) is 6.09. The average Bonchev–Trinajstić information content (AvgIpc) is 2.45. The summed E-state index contributed by atoms with van der Waals surface area (Å²) in [5.41, 5.74) is 1.11.